The molecule has 0 bridgehead atoms. The summed E-state index contributed by atoms with van der Waals surface area (Å²) < 4.78 is 0. The van der Waals surface area contributed by atoms with Crippen molar-refractivity contribution in [3.63, 3.8) is 0 Å². The van der Waals surface area contributed by atoms with Gasteiger partial charge in [0.05, 0.1) is 6.10 Å². The zero-order chi connectivity index (χ0) is 10.3. The highest BCUT2D eigenvalue weighted by atomic mass is 16.7. The summed E-state index contributed by atoms with van der Waals surface area (Å²) in [6, 6.07) is 0. The van der Waals surface area contributed by atoms with Crippen LogP contribution in [0, 0.1) is 0 Å². The van der Waals surface area contributed by atoms with Gasteiger partial charge in [0.2, 0.25) is 0 Å². The van der Waals surface area contributed by atoms with E-state index >= 15 is 0 Å². The maximum Gasteiger partial charge on any atom is 0.0790 e. The minimum Gasteiger partial charge on any atom is -0.303 e. The quantitative estimate of drug-likeness (QED) is 0.538. The predicted octanol–water partition coefficient (Wildman–Crippen LogP) is 1.94. The SMILES string of the molecule is C1CCC(ONCCCN2CCCC2)C1. The lowest BCUT2D eigenvalue weighted by molar-refractivity contribution is -0.0214. The normalized spacial score (nSPS) is 24.0. The molecule has 1 N–H and O–H groups in total. The smallest absolute Gasteiger partial charge is 0.0790 e. The third-order valence-electron chi connectivity index (χ3n) is 3.50. The molecule has 0 aromatic rings. The Morgan fingerprint density at radius 3 is 2.53 bits per heavy atom. The van der Waals surface area contributed by atoms with Crippen LogP contribution in [-0.4, -0.2) is 37.2 Å². The Labute approximate surface area is 93.1 Å². The molecular formula is C12H24N2O. The Morgan fingerprint density at radius 1 is 1.07 bits per heavy atom. The van der Waals surface area contributed by atoms with Gasteiger partial charge in [0.25, 0.3) is 0 Å². The summed E-state index contributed by atoms with van der Waals surface area (Å²) in [5, 5.41) is 0. The molecule has 2 fully saturated rings. The van der Waals surface area contributed by atoms with Crippen molar-refractivity contribution in [3.05, 3.63) is 0 Å². The molecule has 15 heavy (non-hydrogen) atoms. The Morgan fingerprint density at radius 2 is 1.80 bits per heavy atom. The lowest BCUT2D eigenvalue weighted by Crippen LogP contribution is -2.27. The van der Waals surface area contributed by atoms with E-state index < -0.39 is 0 Å². The Bertz CT molecular complexity index is 145. The molecule has 0 aromatic heterocycles. The summed E-state index contributed by atoms with van der Waals surface area (Å²) in [6.45, 7) is 4.86. The van der Waals surface area contributed by atoms with Crippen LogP contribution < -0.4 is 5.48 Å². The number of likely N-dealkylation sites (tertiary alicyclic amines) is 1. The summed E-state index contributed by atoms with van der Waals surface area (Å²) in [5.74, 6) is 0. The number of rotatable bonds is 6. The van der Waals surface area contributed by atoms with Crippen molar-refractivity contribution in [1.29, 1.82) is 0 Å². The van der Waals surface area contributed by atoms with Crippen molar-refractivity contribution in [3.8, 4) is 0 Å². The van der Waals surface area contributed by atoms with E-state index in [1.807, 2.05) is 0 Å². The van der Waals surface area contributed by atoms with Crippen molar-refractivity contribution < 1.29 is 4.84 Å². The second kappa shape index (κ2) is 6.46. The lowest BCUT2D eigenvalue weighted by atomic mass is 10.3. The fourth-order valence-corrected chi connectivity index (χ4v) is 2.56. The van der Waals surface area contributed by atoms with Crippen LogP contribution in [0.1, 0.15) is 44.9 Å². The zero-order valence-corrected chi connectivity index (χ0v) is 9.71. The third-order valence-corrected chi connectivity index (χ3v) is 3.50. The van der Waals surface area contributed by atoms with E-state index in [1.54, 1.807) is 0 Å². The first-order valence-electron chi connectivity index (χ1n) is 6.56. The van der Waals surface area contributed by atoms with E-state index in [1.165, 1.54) is 64.6 Å². The van der Waals surface area contributed by atoms with E-state index in [4.69, 9.17) is 4.84 Å². The predicted molar refractivity (Wildman–Crippen MR) is 61.6 cm³/mol. The van der Waals surface area contributed by atoms with Gasteiger partial charge in [-0.1, -0.05) is 12.8 Å². The molecule has 2 aliphatic rings. The van der Waals surface area contributed by atoms with Gasteiger partial charge in [-0.25, -0.2) is 5.48 Å². The molecule has 1 aliphatic carbocycles. The Balaban J connectivity index is 1.41. The topological polar surface area (TPSA) is 24.5 Å². The fourth-order valence-electron chi connectivity index (χ4n) is 2.56. The highest BCUT2D eigenvalue weighted by Crippen LogP contribution is 2.19. The van der Waals surface area contributed by atoms with Gasteiger partial charge in [0.15, 0.2) is 0 Å². The summed E-state index contributed by atoms with van der Waals surface area (Å²) >= 11 is 0. The van der Waals surface area contributed by atoms with Crippen LogP contribution in [0.25, 0.3) is 0 Å². The number of hydrogen-bond acceptors (Lipinski definition) is 3. The van der Waals surface area contributed by atoms with Crippen molar-refractivity contribution >= 4 is 0 Å². The Hall–Kier alpha value is -0.120. The maximum absolute atomic E-state index is 5.60. The van der Waals surface area contributed by atoms with Gasteiger partial charge >= 0.3 is 0 Å². The molecule has 3 nitrogen and oxygen atoms in total. The van der Waals surface area contributed by atoms with E-state index in [0.29, 0.717) is 6.10 Å². The van der Waals surface area contributed by atoms with Crippen molar-refractivity contribution in [2.45, 2.75) is 51.0 Å². The van der Waals surface area contributed by atoms with Gasteiger partial charge in [-0.15, -0.1) is 0 Å². The molecule has 88 valence electrons. The zero-order valence-electron chi connectivity index (χ0n) is 9.71. The monoisotopic (exact) mass is 212 g/mol. The van der Waals surface area contributed by atoms with Gasteiger partial charge in [0.1, 0.15) is 0 Å². The molecule has 0 spiro atoms. The number of nitrogens with one attached hydrogen (secondary N) is 1. The van der Waals surface area contributed by atoms with Gasteiger partial charge in [0, 0.05) is 6.54 Å². The molecule has 0 aromatic carbocycles. The molecule has 3 heteroatoms. The number of hydrogen-bond donors (Lipinski definition) is 1. The molecular weight excluding hydrogens is 188 g/mol. The summed E-state index contributed by atoms with van der Waals surface area (Å²) in [4.78, 5) is 8.15. The highest BCUT2D eigenvalue weighted by Gasteiger charge is 2.15. The molecule has 1 saturated heterocycles. The van der Waals surface area contributed by atoms with Crippen molar-refractivity contribution in [2.24, 2.45) is 0 Å². The molecule has 0 amide bonds. The van der Waals surface area contributed by atoms with Crippen LogP contribution in [0.5, 0.6) is 0 Å². The standard InChI is InChI=1S/C12H24N2O/c1-2-7-12(6-1)15-13-8-5-11-14-9-3-4-10-14/h12-13H,1-11H2. The fraction of sp³-hybridized carbons (Fsp3) is 1.00. The lowest BCUT2D eigenvalue weighted by Gasteiger charge is -2.15. The molecule has 2 rings (SSSR count). The van der Waals surface area contributed by atoms with Gasteiger partial charge in [-0.2, -0.15) is 0 Å². The van der Waals surface area contributed by atoms with Crippen LogP contribution in [0.4, 0.5) is 0 Å². The van der Waals surface area contributed by atoms with E-state index in [9.17, 15) is 0 Å². The minimum atomic E-state index is 0.497. The average Bonchev–Trinajstić information content (AvgIpc) is 2.88. The van der Waals surface area contributed by atoms with Crippen molar-refractivity contribution in [1.82, 2.24) is 10.4 Å². The molecule has 1 saturated carbocycles. The minimum absolute atomic E-state index is 0.497. The second-order valence-corrected chi connectivity index (χ2v) is 4.82. The first kappa shape index (κ1) is 11.4. The van der Waals surface area contributed by atoms with Gasteiger partial charge < -0.3 is 4.90 Å². The van der Waals surface area contributed by atoms with Crippen LogP contribution in [0.3, 0.4) is 0 Å². The van der Waals surface area contributed by atoms with Crippen molar-refractivity contribution in [2.75, 3.05) is 26.2 Å². The second-order valence-electron chi connectivity index (χ2n) is 4.82. The molecule has 1 heterocycles. The molecule has 0 atom stereocenters. The van der Waals surface area contributed by atoms with Crippen LogP contribution in [-0.2, 0) is 4.84 Å². The van der Waals surface area contributed by atoms with Gasteiger partial charge in [-0.05, 0) is 51.7 Å². The first-order valence-corrected chi connectivity index (χ1v) is 6.56. The highest BCUT2D eigenvalue weighted by molar-refractivity contribution is 4.67. The van der Waals surface area contributed by atoms with E-state index in [2.05, 4.69) is 10.4 Å². The number of hydroxylamine groups is 1. The molecule has 1 aliphatic heterocycles. The van der Waals surface area contributed by atoms with Crippen LogP contribution >= 0.6 is 0 Å². The molecule has 0 unspecified atom stereocenters. The van der Waals surface area contributed by atoms with Gasteiger partial charge in [-0.3, -0.25) is 4.84 Å². The summed E-state index contributed by atoms with van der Waals surface area (Å²) in [7, 11) is 0. The summed E-state index contributed by atoms with van der Waals surface area (Å²) in [6.07, 6.45) is 9.69. The third kappa shape index (κ3) is 4.09. The van der Waals surface area contributed by atoms with Crippen LogP contribution in [0.15, 0.2) is 0 Å². The Kier molecular flexibility index (Phi) is 4.90. The average molecular weight is 212 g/mol. The van der Waals surface area contributed by atoms with E-state index in [0.717, 1.165) is 6.54 Å². The number of nitrogens with zero attached hydrogens (tertiary/aromatic N) is 1. The first-order chi connectivity index (χ1) is 7.45. The largest absolute Gasteiger partial charge is 0.303 e. The maximum atomic E-state index is 5.60. The van der Waals surface area contributed by atoms with E-state index in [-0.39, 0.29) is 0 Å². The molecule has 0 radical (unpaired) electrons. The van der Waals surface area contributed by atoms with Crippen LogP contribution in [0.2, 0.25) is 0 Å². The summed E-state index contributed by atoms with van der Waals surface area (Å²) in [5.41, 5.74) is 3.12.